The van der Waals surface area contributed by atoms with E-state index in [2.05, 4.69) is 10.3 Å². The maximum absolute atomic E-state index is 13.0. The van der Waals surface area contributed by atoms with Crippen molar-refractivity contribution in [3.63, 3.8) is 0 Å². The molecule has 0 aliphatic heterocycles. The lowest BCUT2D eigenvalue weighted by Gasteiger charge is -2.15. The van der Waals surface area contributed by atoms with Crippen LogP contribution in [-0.4, -0.2) is 23.5 Å². The molecule has 0 spiro atoms. The topological polar surface area (TPSA) is 51.2 Å². The molecule has 0 radical (unpaired) electrons. The van der Waals surface area contributed by atoms with Crippen LogP contribution in [0.4, 0.5) is 4.39 Å². The summed E-state index contributed by atoms with van der Waals surface area (Å²) in [6.45, 7) is 2.00. The van der Waals surface area contributed by atoms with Crippen molar-refractivity contribution >= 4 is 17.5 Å². The number of hydrogen-bond donors (Lipinski definition) is 1. The number of halogens is 2. The highest BCUT2D eigenvalue weighted by Gasteiger charge is 2.13. The molecule has 0 fully saturated rings. The Morgan fingerprint density at radius 3 is 3.00 bits per heavy atom. The molecular weight excluding hydrogens is 295 g/mol. The lowest BCUT2D eigenvalue weighted by Crippen LogP contribution is -2.36. The van der Waals surface area contributed by atoms with Gasteiger partial charge in [-0.2, -0.15) is 0 Å². The second-order valence-electron chi connectivity index (χ2n) is 4.50. The van der Waals surface area contributed by atoms with Crippen LogP contribution < -0.4 is 10.1 Å². The van der Waals surface area contributed by atoms with Crippen LogP contribution in [0.2, 0.25) is 5.02 Å². The van der Waals surface area contributed by atoms with E-state index in [1.165, 1.54) is 30.6 Å². The number of amides is 1. The van der Waals surface area contributed by atoms with Crippen molar-refractivity contribution in [3.05, 3.63) is 59.1 Å². The second kappa shape index (κ2) is 7.04. The molecule has 21 heavy (non-hydrogen) atoms. The highest BCUT2D eigenvalue weighted by atomic mass is 35.5. The third-order valence-corrected chi connectivity index (χ3v) is 2.99. The van der Waals surface area contributed by atoms with Crippen molar-refractivity contribution in [2.24, 2.45) is 0 Å². The van der Waals surface area contributed by atoms with E-state index in [-0.39, 0.29) is 29.4 Å². The summed E-state index contributed by atoms with van der Waals surface area (Å²) in [6, 6.07) is 7.11. The Bertz CT molecular complexity index is 637. The number of nitrogens with zero attached hydrogens (tertiary/aromatic N) is 1. The molecule has 2 rings (SSSR count). The molecule has 1 aromatic carbocycles. The summed E-state index contributed by atoms with van der Waals surface area (Å²) in [4.78, 5) is 15.8. The van der Waals surface area contributed by atoms with Gasteiger partial charge in [0.25, 0.3) is 5.91 Å². The SMILES string of the molecule is C[C@@H](COc1cccc(F)c1)NC(=O)c1ccncc1Cl. The minimum atomic E-state index is -0.368. The Labute approximate surface area is 126 Å². The van der Waals surface area contributed by atoms with Gasteiger partial charge in [0.1, 0.15) is 18.2 Å². The van der Waals surface area contributed by atoms with E-state index in [4.69, 9.17) is 16.3 Å². The predicted octanol–water partition coefficient (Wildman–Crippen LogP) is 3.07. The third kappa shape index (κ3) is 4.43. The largest absolute Gasteiger partial charge is 0.491 e. The minimum Gasteiger partial charge on any atom is -0.491 e. The number of rotatable bonds is 5. The molecule has 6 heteroatoms. The van der Waals surface area contributed by atoms with E-state index < -0.39 is 0 Å². The number of carbonyl (C=O) groups excluding carboxylic acids is 1. The van der Waals surface area contributed by atoms with Crippen LogP contribution in [0, 0.1) is 5.82 Å². The fraction of sp³-hybridized carbons (Fsp3) is 0.200. The number of benzene rings is 1. The van der Waals surface area contributed by atoms with E-state index in [1.54, 1.807) is 19.1 Å². The fourth-order valence-electron chi connectivity index (χ4n) is 1.68. The first-order chi connectivity index (χ1) is 10.1. The zero-order valence-electron chi connectivity index (χ0n) is 11.3. The van der Waals surface area contributed by atoms with Gasteiger partial charge in [0.05, 0.1) is 16.6 Å². The molecular formula is C15H14ClFN2O2. The zero-order valence-corrected chi connectivity index (χ0v) is 12.1. The Morgan fingerprint density at radius 2 is 2.29 bits per heavy atom. The molecule has 0 aliphatic carbocycles. The monoisotopic (exact) mass is 308 g/mol. The Kier molecular flexibility index (Phi) is 5.11. The van der Waals surface area contributed by atoms with Crippen molar-refractivity contribution in [3.8, 4) is 5.75 Å². The normalized spacial score (nSPS) is 11.8. The first-order valence-electron chi connectivity index (χ1n) is 6.35. The van der Waals surface area contributed by atoms with Crippen molar-refractivity contribution in [1.29, 1.82) is 0 Å². The fourth-order valence-corrected chi connectivity index (χ4v) is 1.89. The lowest BCUT2D eigenvalue weighted by atomic mass is 10.2. The molecule has 0 saturated carbocycles. The highest BCUT2D eigenvalue weighted by molar-refractivity contribution is 6.33. The summed E-state index contributed by atoms with van der Waals surface area (Å²) in [6.07, 6.45) is 2.90. The maximum Gasteiger partial charge on any atom is 0.253 e. The van der Waals surface area contributed by atoms with Crippen molar-refractivity contribution in [2.45, 2.75) is 13.0 Å². The summed E-state index contributed by atoms with van der Waals surface area (Å²) < 4.78 is 18.4. The molecule has 110 valence electrons. The molecule has 1 aromatic heterocycles. The van der Waals surface area contributed by atoms with Crippen LogP contribution in [0.5, 0.6) is 5.75 Å². The number of carbonyl (C=O) groups is 1. The molecule has 0 bridgehead atoms. The second-order valence-corrected chi connectivity index (χ2v) is 4.91. The number of ether oxygens (including phenoxy) is 1. The lowest BCUT2D eigenvalue weighted by molar-refractivity contribution is 0.0926. The Hall–Kier alpha value is -2.14. The first-order valence-corrected chi connectivity index (χ1v) is 6.73. The molecule has 0 aliphatic rings. The quantitative estimate of drug-likeness (QED) is 0.923. The van der Waals surface area contributed by atoms with Gasteiger partial charge in [0, 0.05) is 18.5 Å². The molecule has 2 aromatic rings. The maximum atomic E-state index is 13.0. The smallest absolute Gasteiger partial charge is 0.253 e. The Morgan fingerprint density at radius 1 is 1.48 bits per heavy atom. The number of aromatic nitrogens is 1. The van der Waals surface area contributed by atoms with Gasteiger partial charge < -0.3 is 10.1 Å². The highest BCUT2D eigenvalue weighted by Crippen LogP contribution is 2.14. The van der Waals surface area contributed by atoms with E-state index in [1.807, 2.05) is 0 Å². The standard InChI is InChI=1S/C15H14ClFN2O2/c1-10(9-21-12-4-2-3-11(17)7-12)19-15(20)13-5-6-18-8-14(13)16/h2-8,10H,9H2,1H3,(H,19,20)/t10-/m0/s1. The first kappa shape index (κ1) is 15.3. The van der Waals surface area contributed by atoms with Crippen molar-refractivity contribution < 1.29 is 13.9 Å². The van der Waals surface area contributed by atoms with Gasteiger partial charge in [-0.25, -0.2) is 4.39 Å². The van der Waals surface area contributed by atoms with Crippen LogP contribution in [0.15, 0.2) is 42.7 Å². The van der Waals surface area contributed by atoms with Gasteiger partial charge in [-0.3, -0.25) is 9.78 Å². The molecule has 1 amide bonds. The molecule has 1 atom stereocenters. The summed E-state index contributed by atoms with van der Waals surface area (Å²) in [7, 11) is 0. The average Bonchev–Trinajstić information content (AvgIpc) is 2.45. The predicted molar refractivity (Wildman–Crippen MR) is 78.1 cm³/mol. The van der Waals surface area contributed by atoms with Crippen molar-refractivity contribution in [2.75, 3.05) is 6.61 Å². The third-order valence-electron chi connectivity index (χ3n) is 2.69. The van der Waals surface area contributed by atoms with Gasteiger partial charge in [0.2, 0.25) is 0 Å². The minimum absolute atomic E-state index is 0.220. The summed E-state index contributed by atoms with van der Waals surface area (Å²) >= 11 is 5.90. The number of nitrogens with one attached hydrogen (secondary N) is 1. The summed E-state index contributed by atoms with van der Waals surface area (Å²) in [5.74, 6) is -0.261. The van der Waals surface area contributed by atoms with Gasteiger partial charge in [0.15, 0.2) is 0 Å². The molecule has 1 N–H and O–H groups in total. The van der Waals surface area contributed by atoms with Gasteiger partial charge in [-0.15, -0.1) is 0 Å². The van der Waals surface area contributed by atoms with Crippen LogP contribution in [0.3, 0.4) is 0 Å². The van der Waals surface area contributed by atoms with Gasteiger partial charge in [-0.1, -0.05) is 17.7 Å². The van der Waals surface area contributed by atoms with E-state index in [0.717, 1.165) is 0 Å². The van der Waals surface area contributed by atoms with E-state index in [9.17, 15) is 9.18 Å². The zero-order chi connectivity index (χ0) is 15.2. The van der Waals surface area contributed by atoms with Crippen LogP contribution in [0.1, 0.15) is 17.3 Å². The van der Waals surface area contributed by atoms with Crippen LogP contribution in [-0.2, 0) is 0 Å². The molecule has 0 unspecified atom stereocenters. The van der Waals surface area contributed by atoms with Crippen molar-refractivity contribution in [1.82, 2.24) is 10.3 Å². The number of pyridine rings is 1. The molecule has 4 nitrogen and oxygen atoms in total. The van der Waals surface area contributed by atoms with E-state index in [0.29, 0.717) is 11.3 Å². The molecule has 1 heterocycles. The van der Waals surface area contributed by atoms with Crippen LogP contribution >= 0.6 is 11.6 Å². The summed E-state index contributed by atoms with van der Waals surface area (Å²) in [5.41, 5.74) is 0.351. The number of hydrogen-bond acceptors (Lipinski definition) is 3. The molecule has 0 saturated heterocycles. The average molecular weight is 309 g/mol. The van der Waals surface area contributed by atoms with Gasteiger partial charge >= 0.3 is 0 Å². The summed E-state index contributed by atoms with van der Waals surface area (Å²) in [5, 5.41) is 3.04. The van der Waals surface area contributed by atoms with Gasteiger partial charge in [-0.05, 0) is 25.1 Å². The van der Waals surface area contributed by atoms with Crippen LogP contribution in [0.25, 0.3) is 0 Å². The Balaban J connectivity index is 1.89. The van der Waals surface area contributed by atoms with E-state index >= 15 is 0 Å².